The fourth-order valence-electron chi connectivity index (χ4n) is 2.75. The highest BCUT2D eigenvalue weighted by atomic mass is 35.5. The van der Waals surface area contributed by atoms with Crippen molar-refractivity contribution in [3.05, 3.63) is 29.6 Å². The summed E-state index contributed by atoms with van der Waals surface area (Å²) in [5.74, 6) is -0.182. The molecule has 1 fully saturated rings. The lowest BCUT2D eigenvalue weighted by atomic mass is 9.84. The second kappa shape index (κ2) is 6.00. The van der Waals surface area contributed by atoms with E-state index < -0.39 is 21.4 Å². The van der Waals surface area contributed by atoms with Gasteiger partial charge in [-0.3, -0.25) is 0 Å². The standard InChI is InChI=1S/C14H19ClFNO2S/c1-11-9-12(16)5-6-13(11)20(18,19)17-14(10-15)7-3-2-4-8-14/h5-6,9,17H,2-4,7-8,10H2,1H3. The third-order valence-corrected chi connectivity index (χ3v) is 6.09. The van der Waals surface area contributed by atoms with Crippen LogP contribution >= 0.6 is 11.6 Å². The van der Waals surface area contributed by atoms with E-state index in [-0.39, 0.29) is 10.8 Å². The molecular weight excluding hydrogens is 301 g/mol. The van der Waals surface area contributed by atoms with Gasteiger partial charge in [0.25, 0.3) is 0 Å². The number of alkyl halides is 1. The zero-order chi connectivity index (χ0) is 14.8. The normalized spacial score (nSPS) is 18.9. The second-order valence-electron chi connectivity index (χ2n) is 5.49. The third-order valence-electron chi connectivity index (χ3n) is 3.84. The van der Waals surface area contributed by atoms with Crippen LogP contribution in [0.15, 0.2) is 23.1 Å². The minimum Gasteiger partial charge on any atom is -0.207 e. The molecule has 1 aromatic rings. The van der Waals surface area contributed by atoms with E-state index in [1.165, 1.54) is 12.1 Å². The largest absolute Gasteiger partial charge is 0.241 e. The lowest BCUT2D eigenvalue weighted by molar-refractivity contribution is 0.298. The molecule has 20 heavy (non-hydrogen) atoms. The van der Waals surface area contributed by atoms with Crippen molar-refractivity contribution in [3.63, 3.8) is 0 Å². The Bertz CT molecular complexity index is 583. The molecule has 0 heterocycles. The monoisotopic (exact) mass is 319 g/mol. The minimum atomic E-state index is -3.68. The molecule has 0 unspecified atom stereocenters. The molecule has 3 nitrogen and oxygen atoms in total. The summed E-state index contributed by atoms with van der Waals surface area (Å²) in [6, 6.07) is 3.69. The first-order valence-electron chi connectivity index (χ1n) is 6.75. The van der Waals surface area contributed by atoms with Crippen molar-refractivity contribution >= 4 is 21.6 Å². The molecule has 6 heteroatoms. The molecule has 0 radical (unpaired) electrons. The predicted molar refractivity (Wildman–Crippen MR) is 78.0 cm³/mol. The van der Waals surface area contributed by atoms with Crippen LogP contribution < -0.4 is 4.72 Å². The smallest absolute Gasteiger partial charge is 0.207 e. The van der Waals surface area contributed by atoms with Crippen LogP contribution in [0.4, 0.5) is 4.39 Å². The second-order valence-corrected chi connectivity index (χ2v) is 7.41. The van der Waals surface area contributed by atoms with E-state index in [9.17, 15) is 12.8 Å². The number of aryl methyl sites for hydroxylation is 1. The van der Waals surface area contributed by atoms with Crippen LogP contribution in [-0.2, 0) is 10.0 Å². The lowest BCUT2D eigenvalue weighted by Crippen LogP contribution is -2.51. The van der Waals surface area contributed by atoms with Crippen molar-refractivity contribution in [1.29, 1.82) is 0 Å². The number of benzene rings is 1. The van der Waals surface area contributed by atoms with Crippen molar-refractivity contribution in [2.45, 2.75) is 49.5 Å². The van der Waals surface area contributed by atoms with Crippen molar-refractivity contribution in [2.75, 3.05) is 5.88 Å². The molecule has 0 atom stereocenters. The van der Waals surface area contributed by atoms with Crippen LogP contribution in [0.25, 0.3) is 0 Å². The van der Waals surface area contributed by atoms with Crippen molar-refractivity contribution in [1.82, 2.24) is 4.72 Å². The highest BCUT2D eigenvalue weighted by Gasteiger charge is 2.36. The maximum Gasteiger partial charge on any atom is 0.241 e. The topological polar surface area (TPSA) is 46.2 Å². The number of nitrogens with one attached hydrogen (secondary N) is 1. The van der Waals surface area contributed by atoms with Gasteiger partial charge in [-0.2, -0.15) is 0 Å². The Kier molecular flexibility index (Phi) is 4.72. The maximum atomic E-state index is 13.1. The Labute approximate surface area is 124 Å². The molecule has 0 spiro atoms. The van der Waals surface area contributed by atoms with Crippen LogP contribution in [-0.4, -0.2) is 19.8 Å². The van der Waals surface area contributed by atoms with Gasteiger partial charge >= 0.3 is 0 Å². The number of hydrogen-bond donors (Lipinski definition) is 1. The molecule has 1 N–H and O–H groups in total. The summed E-state index contributed by atoms with van der Waals surface area (Å²) >= 11 is 6.01. The van der Waals surface area contributed by atoms with Gasteiger partial charge < -0.3 is 0 Å². The summed E-state index contributed by atoms with van der Waals surface area (Å²) in [5.41, 5.74) is -0.169. The van der Waals surface area contributed by atoms with E-state index in [2.05, 4.69) is 4.72 Å². The van der Waals surface area contributed by atoms with Crippen LogP contribution in [0.5, 0.6) is 0 Å². The predicted octanol–water partition coefficient (Wildman–Crippen LogP) is 3.35. The van der Waals surface area contributed by atoms with Crippen molar-refractivity contribution < 1.29 is 12.8 Å². The highest BCUT2D eigenvalue weighted by molar-refractivity contribution is 7.89. The van der Waals surface area contributed by atoms with Crippen LogP contribution in [0.2, 0.25) is 0 Å². The molecule has 1 aliphatic carbocycles. The van der Waals surface area contributed by atoms with Gasteiger partial charge in [0.05, 0.1) is 4.90 Å². The van der Waals surface area contributed by atoms with Crippen LogP contribution in [0.3, 0.4) is 0 Å². The SMILES string of the molecule is Cc1cc(F)ccc1S(=O)(=O)NC1(CCl)CCCCC1. The quantitative estimate of drug-likeness (QED) is 0.865. The van der Waals surface area contributed by atoms with Gasteiger partial charge in [-0.25, -0.2) is 17.5 Å². The van der Waals surface area contributed by atoms with Gasteiger partial charge in [0.2, 0.25) is 10.0 Å². The summed E-state index contributed by atoms with van der Waals surface area (Å²) in [5, 5.41) is 0. The molecule has 2 rings (SSSR count). The first-order valence-corrected chi connectivity index (χ1v) is 8.76. The Balaban J connectivity index is 2.30. The summed E-state index contributed by atoms with van der Waals surface area (Å²) in [6.45, 7) is 1.59. The Morgan fingerprint density at radius 1 is 1.30 bits per heavy atom. The third kappa shape index (κ3) is 3.32. The number of hydrogen-bond acceptors (Lipinski definition) is 2. The average molecular weight is 320 g/mol. The van der Waals surface area contributed by atoms with E-state index in [0.717, 1.165) is 38.2 Å². The zero-order valence-corrected chi connectivity index (χ0v) is 13.0. The lowest BCUT2D eigenvalue weighted by Gasteiger charge is -2.36. The van der Waals surface area contributed by atoms with Gasteiger partial charge in [-0.05, 0) is 43.5 Å². The number of halogens is 2. The molecule has 0 bridgehead atoms. The minimum absolute atomic E-state index is 0.119. The molecule has 112 valence electrons. The van der Waals surface area contributed by atoms with E-state index in [4.69, 9.17) is 11.6 Å². The fourth-order valence-corrected chi connectivity index (χ4v) is 4.85. The molecule has 0 aliphatic heterocycles. The van der Waals surface area contributed by atoms with E-state index in [1.54, 1.807) is 6.92 Å². The molecule has 1 saturated carbocycles. The Morgan fingerprint density at radius 3 is 2.50 bits per heavy atom. The molecular formula is C14H19ClFNO2S. The van der Waals surface area contributed by atoms with Crippen molar-refractivity contribution in [3.8, 4) is 0 Å². The van der Waals surface area contributed by atoms with Gasteiger partial charge in [-0.15, -0.1) is 11.6 Å². The molecule has 0 saturated heterocycles. The fraction of sp³-hybridized carbons (Fsp3) is 0.571. The molecule has 0 amide bonds. The van der Waals surface area contributed by atoms with E-state index in [0.29, 0.717) is 5.56 Å². The summed E-state index contributed by atoms with van der Waals surface area (Å²) in [7, 11) is -3.68. The summed E-state index contributed by atoms with van der Waals surface area (Å²) < 4.78 is 40.9. The Morgan fingerprint density at radius 2 is 1.95 bits per heavy atom. The molecule has 0 aromatic heterocycles. The van der Waals surface area contributed by atoms with Crippen LogP contribution in [0.1, 0.15) is 37.7 Å². The maximum absolute atomic E-state index is 13.1. The highest BCUT2D eigenvalue weighted by Crippen LogP contribution is 2.31. The van der Waals surface area contributed by atoms with E-state index in [1.807, 2.05) is 0 Å². The first kappa shape index (κ1) is 15.7. The van der Waals surface area contributed by atoms with Gasteiger partial charge in [0, 0.05) is 11.4 Å². The van der Waals surface area contributed by atoms with Gasteiger partial charge in [-0.1, -0.05) is 19.3 Å². The summed E-state index contributed by atoms with van der Waals surface area (Å²) in [6.07, 6.45) is 4.54. The summed E-state index contributed by atoms with van der Waals surface area (Å²) in [4.78, 5) is 0.119. The van der Waals surface area contributed by atoms with Gasteiger partial charge in [0.1, 0.15) is 5.82 Å². The average Bonchev–Trinajstić information content (AvgIpc) is 2.38. The van der Waals surface area contributed by atoms with Gasteiger partial charge in [0.15, 0.2) is 0 Å². The van der Waals surface area contributed by atoms with Crippen molar-refractivity contribution in [2.24, 2.45) is 0 Å². The van der Waals surface area contributed by atoms with Crippen LogP contribution in [0, 0.1) is 12.7 Å². The first-order chi connectivity index (χ1) is 9.38. The molecule has 1 aliphatic rings. The molecule has 1 aromatic carbocycles. The Hall–Kier alpha value is -0.650. The van der Waals surface area contributed by atoms with E-state index >= 15 is 0 Å². The zero-order valence-electron chi connectivity index (χ0n) is 11.5. The number of sulfonamides is 1. The number of rotatable bonds is 4.